The number of aliphatic hydroxyl groups is 2. The van der Waals surface area contributed by atoms with Crippen LogP contribution in [0.25, 0.3) is 0 Å². The van der Waals surface area contributed by atoms with Crippen molar-refractivity contribution < 1.29 is 24.1 Å². The van der Waals surface area contributed by atoms with Gasteiger partial charge in [-0.3, -0.25) is 4.79 Å². The van der Waals surface area contributed by atoms with Gasteiger partial charge in [-0.15, -0.1) is 0 Å². The van der Waals surface area contributed by atoms with Gasteiger partial charge in [-0.1, -0.05) is 18.5 Å². The number of rotatable bonds is 6. The first kappa shape index (κ1) is 19.0. The number of amides is 1. The minimum absolute atomic E-state index is 0.0644. The number of nitrogens with zero attached hydrogens (tertiary/aromatic N) is 2. The molecule has 1 aliphatic heterocycles. The number of hydrogen-bond donors (Lipinski definition) is 3. The predicted molar refractivity (Wildman–Crippen MR) is 91.7 cm³/mol. The highest BCUT2D eigenvalue weighted by atomic mass is 35.5. The molecule has 0 bridgehead atoms. The van der Waals surface area contributed by atoms with Crippen molar-refractivity contribution in [3.8, 4) is 0 Å². The summed E-state index contributed by atoms with van der Waals surface area (Å²) in [5.41, 5.74) is -0.996. The molecule has 26 heavy (non-hydrogen) atoms. The van der Waals surface area contributed by atoms with E-state index in [4.69, 9.17) is 21.4 Å². The SMILES string of the molecule is CCC(O)(C1=CC(F)(Cl)C2C(=C1)C(=O)NC2OCCO)c1cn(C)cn1. The summed E-state index contributed by atoms with van der Waals surface area (Å²) in [4.78, 5) is 16.5. The van der Waals surface area contributed by atoms with Gasteiger partial charge < -0.3 is 24.8 Å². The molecule has 0 aromatic carbocycles. The van der Waals surface area contributed by atoms with Crippen LogP contribution >= 0.6 is 11.6 Å². The molecule has 1 aliphatic carbocycles. The molecule has 4 atom stereocenters. The highest BCUT2D eigenvalue weighted by Gasteiger charge is 2.54. The van der Waals surface area contributed by atoms with E-state index in [2.05, 4.69) is 10.3 Å². The Kier molecular flexibility index (Phi) is 4.96. The van der Waals surface area contributed by atoms with E-state index in [9.17, 15) is 9.90 Å². The van der Waals surface area contributed by atoms with Crippen LogP contribution in [0.2, 0.25) is 0 Å². The molecule has 9 heteroatoms. The zero-order valence-electron chi connectivity index (χ0n) is 14.4. The zero-order valence-corrected chi connectivity index (χ0v) is 15.2. The lowest BCUT2D eigenvalue weighted by molar-refractivity contribution is -0.118. The van der Waals surface area contributed by atoms with E-state index >= 15 is 4.39 Å². The van der Waals surface area contributed by atoms with Crippen molar-refractivity contribution >= 4 is 17.5 Å². The number of carbonyl (C=O) groups is 1. The molecule has 1 aromatic heterocycles. The molecule has 2 heterocycles. The first-order valence-electron chi connectivity index (χ1n) is 8.30. The summed E-state index contributed by atoms with van der Waals surface area (Å²) < 4.78 is 22.3. The standard InChI is InChI=1S/C17H21ClFN3O4/c1-3-16(25,12-8-22(2)9-20-12)10-6-11-13(17(18,19)7-10)15(21-14(11)24)26-5-4-23/h6-9,13,15,23,25H,3-5H2,1-2H3,(H,21,24). The van der Waals surface area contributed by atoms with Crippen LogP contribution in [-0.2, 0) is 22.2 Å². The minimum Gasteiger partial charge on any atom is -0.394 e. The van der Waals surface area contributed by atoms with Gasteiger partial charge in [0.2, 0.25) is 11.0 Å². The summed E-state index contributed by atoms with van der Waals surface area (Å²) in [6.45, 7) is 1.40. The number of halogens is 2. The Labute approximate surface area is 155 Å². The number of fused-ring (bicyclic) bond motifs is 1. The molecule has 2 aliphatic rings. The monoisotopic (exact) mass is 385 g/mol. The van der Waals surface area contributed by atoms with Crippen molar-refractivity contribution in [2.45, 2.75) is 30.3 Å². The number of aliphatic hydroxyl groups excluding tert-OH is 1. The van der Waals surface area contributed by atoms with E-state index in [0.717, 1.165) is 6.08 Å². The molecule has 142 valence electrons. The van der Waals surface area contributed by atoms with Crippen molar-refractivity contribution in [1.29, 1.82) is 0 Å². The summed E-state index contributed by atoms with van der Waals surface area (Å²) in [6.07, 6.45) is 4.93. The molecule has 0 spiro atoms. The van der Waals surface area contributed by atoms with Crippen LogP contribution in [0, 0.1) is 5.92 Å². The van der Waals surface area contributed by atoms with Gasteiger partial charge in [0, 0.05) is 18.8 Å². The molecule has 0 radical (unpaired) electrons. The fraction of sp³-hybridized carbons (Fsp3) is 0.529. The van der Waals surface area contributed by atoms with Gasteiger partial charge in [0.1, 0.15) is 11.8 Å². The molecule has 3 N–H and O–H groups in total. The summed E-state index contributed by atoms with van der Waals surface area (Å²) in [5, 5.41) is 20.1. The third kappa shape index (κ3) is 3.07. The average molecular weight is 386 g/mol. The quantitative estimate of drug-likeness (QED) is 0.631. The number of aryl methyl sites for hydroxylation is 1. The van der Waals surface area contributed by atoms with E-state index in [1.807, 2.05) is 0 Å². The molecular formula is C17H21ClFN3O4. The Hall–Kier alpha value is -1.74. The van der Waals surface area contributed by atoms with Crippen molar-refractivity contribution in [2.24, 2.45) is 13.0 Å². The molecule has 1 aromatic rings. The molecule has 7 nitrogen and oxygen atoms in total. The van der Waals surface area contributed by atoms with E-state index in [1.54, 1.807) is 24.7 Å². The van der Waals surface area contributed by atoms with Crippen LogP contribution in [0.15, 0.2) is 35.8 Å². The Balaban J connectivity index is 2.02. The van der Waals surface area contributed by atoms with E-state index in [0.29, 0.717) is 5.69 Å². The third-order valence-corrected chi connectivity index (χ3v) is 5.10. The average Bonchev–Trinajstić information content (AvgIpc) is 3.16. The zero-order chi connectivity index (χ0) is 19.1. The second-order valence-corrected chi connectivity index (χ2v) is 7.06. The Morgan fingerprint density at radius 3 is 2.88 bits per heavy atom. The summed E-state index contributed by atoms with van der Waals surface area (Å²) in [5.74, 6) is -1.61. The van der Waals surface area contributed by atoms with Crippen LogP contribution in [0.5, 0.6) is 0 Å². The van der Waals surface area contributed by atoms with E-state index in [1.165, 1.54) is 12.4 Å². The van der Waals surface area contributed by atoms with Crippen molar-refractivity contribution in [2.75, 3.05) is 13.2 Å². The molecule has 1 saturated heterocycles. The normalized spacial score (nSPS) is 30.3. The van der Waals surface area contributed by atoms with Gasteiger partial charge in [-0.05, 0) is 24.1 Å². The second-order valence-electron chi connectivity index (χ2n) is 6.48. The Morgan fingerprint density at radius 1 is 1.58 bits per heavy atom. The molecular weight excluding hydrogens is 365 g/mol. The molecule has 1 amide bonds. The van der Waals surface area contributed by atoms with Crippen LogP contribution in [-0.4, -0.2) is 50.2 Å². The maximum Gasteiger partial charge on any atom is 0.249 e. The fourth-order valence-electron chi connectivity index (χ4n) is 3.39. The second kappa shape index (κ2) is 6.77. The lowest BCUT2D eigenvalue weighted by atomic mass is 9.79. The van der Waals surface area contributed by atoms with E-state index in [-0.39, 0.29) is 30.8 Å². The lowest BCUT2D eigenvalue weighted by Crippen LogP contribution is -2.42. The summed E-state index contributed by atoms with van der Waals surface area (Å²) in [6, 6.07) is 0. The number of ether oxygens (including phenoxy) is 1. The first-order valence-corrected chi connectivity index (χ1v) is 8.67. The van der Waals surface area contributed by atoms with E-state index < -0.39 is 28.8 Å². The number of allylic oxidation sites excluding steroid dienone is 1. The molecule has 3 rings (SSSR count). The largest absolute Gasteiger partial charge is 0.394 e. The maximum atomic E-state index is 15.3. The van der Waals surface area contributed by atoms with Crippen LogP contribution < -0.4 is 5.32 Å². The van der Waals surface area contributed by atoms with Crippen molar-refractivity contribution in [3.63, 3.8) is 0 Å². The Bertz CT molecular complexity index is 776. The number of aromatic nitrogens is 2. The van der Waals surface area contributed by atoms with Gasteiger partial charge >= 0.3 is 0 Å². The van der Waals surface area contributed by atoms with Crippen LogP contribution in [0.1, 0.15) is 19.0 Å². The van der Waals surface area contributed by atoms with Gasteiger partial charge in [-0.2, -0.15) is 0 Å². The highest BCUT2D eigenvalue weighted by Crippen LogP contribution is 2.48. The molecule has 1 fully saturated rings. The summed E-state index contributed by atoms with van der Waals surface area (Å²) in [7, 11) is 1.75. The first-order chi connectivity index (χ1) is 12.2. The lowest BCUT2D eigenvalue weighted by Gasteiger charge is -2.35. The van der Waals surface area contributed by atoms with Crippen molar-refractivity contribution in [1.82, 2.24) is 14.9 Å². The topological polar surface area (TPSA) is 96.6 Å². The fourth-order valence-corrected chi connectivity index (χ4v) is 3.74. The number of carbonyl (C=O) groups excluding carboxylic acids is 1. The highest BCUT2D eigenvalue weighted by molar-refractivity contribution is 6.25. The van der Waals surface area contributed by atoms with Crippen molar-refractivity contribution in [3.05, 3.63) is 41.5 Å². The Morgan fingerprint density at radius 2 is 2.31 bits per heavy atom. The van der Waals surface area contributed by atoms with Gasteiger partial charge in [0.05, 0.1) is 31.2 Å². The number of hydrogen-bond acceptors (Lipinski definition) is 5. The minimum atomic E-state index is -2.45. The van der Waals surface area contributed by atoms with Crippen LogP contribution in [0.3, 0.4) is 0 Å². The number of alkyl halides is 2. The number of nitrogens with one attached hydrogen (secondary N) is 1. The predicted octanol–water partition coefficient (Wildman–Crippen LogP) is 0.870. The number of imidazole rings is 1. The van der Waals surface area contributed by atoms with Gasteiger partial charge in [0.15, 0.2) is 0 Å². The maximum absolute atomic E-state index is 15.3. The van der Waals surface area contributed by atoms with Gasteiger partial charge in [0.25, 0.3) is 0 Å². The third-order valence-electron chi connectivity index (χ3n) is 4.75. The molecule has 4 unspecified atom stereocenters. The summed E-state index contributed by atoms with van der Waals surface area (Å²) >= 11 is 6.11. The van der Waals surface area contributed by atoms with Crippen LogP contribution in [0.4, 0.5) is 4.39 Å². The molecule has 0 saturated carbocycles. The smallest absolute Gasteiger partial charge is 0.249 e. The van der Waals surface area contributed by atoms with Gasteiger partial charge in [-0.25, -0.2) is 9.37 Å².